The van der Waals surface area contributed by atoms with E-state index in [2.05, 4.69) is 20.5 Å². The summed E-state index contributed by atoms with van der Waals surface area (Å²) in [5.41, 5.74) is 0.515. The molecular weight excluding hydrogens is 244 g/mol. The minimum absolute atomic E-state index is 0.0912. The predicted molar refractivity (Wildman–Crippen MR) is 72.1 cm³/mol. The molecule has 0 unspecified atom stereocenters. The van der Waals surface area contributed by atoms with Crippen LogP contribution >= 0.6 is 0 Å². The fraction of sp³-hybridized carbons (Fsp3) is 0.462. The first-order valence-electron chi connectivity index (χ1n) is 6.40. The Morgan fingerprint density at radius 1 is 1.37 bits per heavy atom. The Morgan fingerprint density at radius 3 is 2.68 bits per heavy atom. The molecule has 1 aliphatic rings. The average molecular weight is 262 g/mol. The Balaban J connectivity index is 1.83. The highest BCUT2D eigenvalue weighted by Crippen LogP contribution is 2.17. The topological polar surface area (TPSA) is 74.3 Å². The Labute approximate surface area is 112 Å². The van der Waals surface area contributed by atoms with Crippen molar-refractivity contribution in [2.24, 2.45) is 0 Å². The van der Waals surface area contributed by atoms with Crippen molar-refractivity contribution in [3.8, 4) is 0 Å². The average Bonchev–Trinajstić information content (AvgIpc) is 2.37. The van der Waals surface area contributed by atoms with Crippen LogP contribution in [-0.4, -0.2) is 43.5 Å². The molecule has 102 valence electrons. The third-order valence-electron chi connectivity index (χ3n) is 3.11. The zero-order valence-electron chi connectivity index (χ0n) is 11.0. The van der Waals surface area contributed by atoms with Crippen molar-refractivity contribution in [2.45, 2.75) is 12.8 Å². The number of hydrogen-bond donors (Lipinski definition) is 2. The zero-order chi connectivity index (χ0) is 13.7. The Morgan fingerprint density at radius 2 is 2.16 bits per heavy atom. The second-order valence-electron chi connectivity index (χ2n) is 4.42. The highest BCUT2D eigenvalue weighted by Gasteiger charge is 2.15. The molecule has 1 aromatic heterocycles. The van der Waals surface area contributed by atoms with Gasteiger partial charge in [-0.2, -0.15) is 0 Å². The monoisotopic (exact) mass is 262 g/mol. The lowest BCUT2D eigenvalue weighted by Gasteiger charge is -2.31. The Kier molecular flexibility index (Phi) is 4.33. The van der Waals surface area contributed by atoms with E-state index in [1.807, 2.05) is 6.07 Å². The maximum atomic E-state index is 11.8. The molecule has 19 heavy (non-hydrogen) atoms. The molecule has 0 aromatic carbocycles. The lowest BCUT2D eigenvalue weighted by atomic mass is 10.2. The van der Waals surface area contributed by atoms with Gasteiger partial charge in [-0.3, -0.25) is 9.59 Å². The van der Waals surface area contributed by atoms with E-state index in [1.165, 1.54) is 6.42 Å². The molecule has 2 amide bonds. The van der Waals surface area contributed by atoms with Gasteiger partial charge in [-0.25, -0.2) is 4.98 Å². The number of amides is 2. The highest BCUT2D eigenvalue weighted by atomic mass is 16.2. The maximum absolute atomic E-state index is 11.8. The van der Waals surface area contributed by atoms with Crippen LogP contribution in [0.15, 0.2) is 18.3 Å². The molecule has 0 spiro atoms. The van der Waals surface area contributed by atoms with Gasteiger partial charge in [-0.1, -0.05) is 0 Å². The summed E-state index contributed by atoms with van der Waals surface area (Å²) in [7, 11) is 1.57. The van der Waals surface area contributed by atoms with E-state index in [4.69, 9.17) is 0 Å². The van der Waals surface area contributed by atoms with E-state index in [0.29, 0.717) is 12.1 Å². The summed E-state index contributed by atoms with van der Waals surface area (Å²) in [5.74, 6) is 0.617. The van der Waals surface area contributed by atoms with Crippen LogP contribution in [0.4, 0.5) is 5.82 Å². The van der Waals surface area contributed by atoms with Crippen LogP contribution in [0.3, 0.4) is 0 Å². The quantitative estimate of drug-likeness (QED) is 0.792. The number of nitrogens with zero attached hydrogens (tertiary/aromatic N) is 2. The third-order valence-corrected chi connectivity index (χ3v) is 3.11. The van der Waals surface area contributed by atoms with E-state index >= 15 is 0 Å². The van der Waals surface area contributed by atoms with E-state index < -0.39 is 0 Å². The number of nitrogens with one attached hydrogen (secondary N) is 2. The van der Waals surface area contributed by atoms with Gasteiger partial charge in [0.15, 0.2) is 0 Å². The second kappa shape index (κ2) is 6.17. The van der Waals surface area contributed by atoms with E-state index in [1.54, 1.807) is 19.3 Å². The number of anilines is 1. The molecular formula is C13H18N4O2. The van der Waals surface area contributed by atoms with Gasteiger partial charge in [0.2, 0.25) is 5.91 Å². The molecule has 2 N–H and O–H groups in total. The van der Waals surface area contributed by atoms with Crippen LogP contribution in [0.25, 0.3) is 0 Å². The molecule has 6 heteroatoms. The smallest absolute Gasteiger partial charge is 0.252 e. The molecule has 0 saturated carbocycles. The summed E-state index contributed by atoms with van der Waals surface area (Å²) in [6, 6.07) is 3.61. The molecule has 0 aliphatic carbocycles. The summed E-state index contributed by atoms with van der Waals surface area (Å²) in [6.07, 6.45) is 3.05. The Bertz CT molecular complexity index is 454. The van der Waals surface area contributed by atoms with Gasteiger partial charge in [0.05, 0.1) is 5.56 Å². The van der Waals surface area contributed by atoms with Crippen molar-refractivity contribution in [2.75, 3.05) is 31.6 Å². The molecule has 1 saturated heterocycles. The summed E-state index contributed by atoms with van der Waals surface area (Å²) in [5, 5.41) is 5.19. The number of rotatable bonds is 5. The molecule has 1 fully saturated rings. The van der Waals surface area contributed by atoms with Crippen molar-refractivity contribution in [3.63, 3.8) is 0 Å². The number of aromatic nitrogens is 1. The summed E-state index contributed by atoms with van der Waals surface area (Å²) < 4.78 is 0. The second-order valence-corrected chi connectivity index (χ2v) is 4.42. The minimum Gasteiger partial charge on any atom is -0.359 e. The summed E-state index contributed by atoms with van der Waals surface area (Å²) in [4.78, 5) is 29.2. The van der Waals surface area contributed by atoms with Gasteiger partial charge in [-0.05, 0) is 18.6 Å². The highest BCUT2D eigenvalue weighted by molar-refractivity contribution is 5.94. The maximum Gasteiger partial charge on any atom is 0.252 e. The predicted octanol–water partition coefficient (Wildman–Crippen LogP) is 0.158. The van der Waals surface area contributed by atoms with Crippen LogP contribution in [0.5, 0.6) is 0 Å². The standard InChI is InChI=1S/C13H18N4O2/c1-14-12(18)5-6-15-13(19)10-3-4-11(16-9-10)17-7-2-8-17/h3-4,9H,2,5-8H2,1H3,(H,14,18)(H,15,19). The Hall–Kier alpha value is -2.11. The molecule has 1 aliphatic heterocycles. The minimum atomic E-state index is -0.202. The van der Waals surface area contributed by atoms with Crippen molar-refractivity contribution in [3.05, 3.63) is 23.9 Å². The summed E-state index contributed by atoms with van der Waals surface area (Å²) in [6.45, 7) is 2.39. The molecule has 2 heterocycles. The van der Waals surface area contributed by atoms with Gasteiger partial charge < -0.3 is 15.5 Å². The van der Waals surface area contributed by atoms with Gasteiger partial charge in [0.1, 0.15) is 5.82 Å². The summed E-state index contributed by atoms with van der Waals surface area (Å²) >= 11 is 0. The zero-order valence-corrected chi connectivity index (χ0v) is 11.0. The van der Waals surface area contributed by atoms with Crippen LogP contribution in [-0.2, 0) is 4.79 Å². The van der Waals surface area contributed by atoms with Crippen LogP contribution in [0.1, 0.15) is 23.2 Å². The van der Waals surface area contributed by atoms with E-state index in [0.717, 1.165) is 18.9 Å². The molecule has 1 aromatic rings. The lowest BCUT2D eigenvalue weighted by molar-refractivity contribution is -0.120. The van der Waals surface area contributed by atoms with Gasteiger partial charge >= 0.3 is 0 Å². The number of carbonyl (C=O) groups excluding carboxylic acids is 2. The van der Waals surface area contributed by atoms with Crippen molar-refractivity contribution >= 4 is 17.6 Å². The number of carbonyl (C=O) groups is 2. The van der Waals surface area contributed by atoms with Crippen molar-refractivity contribution < 1.29 is 9.59 Å². The van der Waals surface area contributed by atoms with E-state index in [-0.39, 0.29) is 18.2 Å². The fourth-order valence-corrected chi connectivity index (χ4v) is 1.77. The van der Waals surface area contributed by atoms with Crippen LogP contribution in [0.2, 0.25) is 0 Å². The molecule has 0 radical (unpaired) electrons. The van der Waals surface area contributed by atoms with Crippen LogP contribution < -0.4 is 15.5 Å². The largest absolute Gasteiger partial charge is 0.359 e. The van der Waals surface area contributed by atoms with Gasteiger partial charge in [0.25, 0.3) is 5.91 Å². The normalized spacial score (nSPS) is 13.6. The SMILES string of the molecule is CNC(=O)CCNC(=O)c1ccc(N2CCC2)nc1. The number of pyridine rings is 1. The van der Waals surface area contributed by atoms with Crippen molar-refractivity contribution in [1.29, 1.82) is 0 Å². The van der Waals surface area contributed by atoms with Gasteiger partial charge in [0, 0.05) is 39.3 Å². The molecule has 6 nitrogen and oxygen atoms in total. The van der Waals surface area contributed by atoms with E-state index in [9.17, 15) is 9.59 Å². The third kappa shape index (κ3) is 3.43. The molecule has 0 atom stereocenters. The van der Waals surface area contributed by atoms with Crippen molar-refractivity contribution in [1.82, 2.24) is 15.6 Å². The number of hydrogen-bond acceptors (Lipinski definition) is 4. The first kappa shape index (κ1) is 13.3. The lowest BCUT2D eigenvalue weighted by Crippen LogP contribution is -2.37. The molecule has 0 bridgehead atoms. The van der Waals surface area contributed by atoms with Crippen LogP contribution in [0, 0.1) is 0 Å². The first-order chi connectivity index (χ1) is 9.20. The first-order valence-corrected chi connectivity index (χ1v) is 6.40. The van der Waals surface area contributed by atoms with Gasteiger partial charge in [-0.15, -0.1) is 0 Å². The fourth-order valence-electron chi connectivity index (χ4n) is 1.77. The molecule has 2 rings (SSSR count).